The fourth-order valence-corrected chi connectivity index (χ4v) is 0.568. The highest BCUT2D eigenvalue weighted by atomic mass is 16.5. The predicted molar refractivity (Wildman–Crippen MR) is 52.9 cm³/mol. The van der Waals surface area contributed by atoms with E-state index >= 15 is 0 Å². The first-order valence-electron chi connectivity index (χ1n) is 3.58. The van der Waals surface area contributed by atoms with Gasteiger partial charge in [0.25, 0.3) is 0 Å². The molecule has 0 bridgehead atoms. The summed E-state index contributed by atoms with van der Waals surface area (Å²) in [5, 5.41) is 0. The van der Waals surface area contributed by atoms with Crippen LogP contribution in [-0.2, 0) is 4.74 Å². The maximum Gasteiger partial charge on any atom is 0.442 e. The van der Waals surface area contributed by atoms with Crippen LogP contribution in [0, 0.1) is 0 Å². The van der Waals surface area contributed by atoms with Gasteiger partial charge in [-0.15, -0.1) is 4.99 Å². The monoisotopic (exact) mass is 177 g/mol. The number of nitrogens with zero attached hydrogens (tertiary/aromatic N) is 1. The first-order chi connectivity index (χ1) is 6.24. The Morgan fingerprint density at radius 3 is 2.69 bits per heavy atom. The number of aliphatic imine (C=N–C) groups is 1. The number of amides is 1. The standard InChI is InChI=1S/C10H11NO2/c1-4-7-9(5-2)8-13-10(12)11-6-3/h4-5,7H,1-3,8H2. The summed E-state index contributed by atoms with van der Waals surface area (Å²) in [7, 11) is 0. The lowest BCUT2D eigenvalue weighted by molar-refractivity contribution is 0.168. The summed E-state index contributed by atoms with van der Waals surface area (Å²) in [6.45, 7) is 10.3. The fraction of sp³-hybridized carbons (Fsp3) is 0.100. The summed E-state index contributed by atoms with van der Waals surface area (Å²) in [4.78, 5) is 13.9. The second-order valence-electron chi connectivity index (χ2n) is 2.01. The van der Waals surface area contributed by atoms with Gasteiger partial charge in [-0.25, -0.2) is 4.79 Å². The van der Waals surface area contributed by atoms with Gasteiger partial charge in [0, 0.05) is 0 Å². The largest absolute Gasteiger partial charge is 0.443 e. The van der Waals surface area contributed by atoms with E-state index in [0.29, 0.717) is 0 Å². The minimum Gasteiger partial charge on any atom is -0.443 e. The van der Waals surface area contributed by atoms with Gasteiger partial charge < -0.3 is 4.74 Å². The number of rotatable bonds is 4. The van der Waals surface area contributed by atoms with Crippen LogP contribution in [0.5, 0.6) is 0 Å². The van der Waals surface area contributed by atoms with Crippen LogP contribution in [0.4, 0.5) is 4.79 Å². The van der Waals surface area contributed by atoms with Crippen LogP contribution < -0.4 is 0 Å². The normalized spacial score (nSPS) is 9.69. The molecule has 0 aromatic heterocycles. The Morgan fingerprint density at radius 1 is 1.54 bits per heavy atom. The second-order valence-corrected chi connectivity index (χ2v) is 2.01. The zero-order valence-corrected chi connectivity index (χ0v) is 7.32. The summed E-state index contributed by atoms with van der Waals surface area (Å²) in [5.74, 6) is 2.08. The van der Waals surface area contributed by atoms with Crippen molar-refractivity contribution in [2.45, 2.75) is 0 Å². The summed E-state index contributed by atoms with van der Waals surface area (Å²) >= 11 is 0. The van der Waals surface area contributed by atoms with Crippen molar-refractivity contribution < 1.29 is 9.53 Å². The van der Waals surface area contributed by atoms with Gasteiger partial charge in [0.15, 0.2) is 0 Å². The van der Waals surface area contributed by atoms with Crippen molar-refractivity contribution in [1.29, 1.82) is 0 Å². The number of allylic oxidation sites excluding steroid dienone is 2. The highest BCUT2D eigenvalue weighted by Gasteiger charge is 1.98. The minimum absolute atomic E-state index is 0.125. The van der Waals surface area contributed by atoms with E-state index < -0.39 is 6.09 Å². The van der Waals surface area contributed by atoms with Crippen molar-refractivity contribution in [2.24, 2.45) is 4.99 Å². The van der Waals surface area contributed by atoms with Crippen molar-refractivity contribution >= 4 is 12.0 Å². The van der Waals surface area contributed by atoms with Crippen LogP contribution in [0.2, 0.25) is 0 Å². The molecule has 3 nitrogen and oxygen atoms in total. The van der Waals surface area contributed by atoms with Gasteiger partial charge >= 0.3 is 6.09 Å². The summed E-state index contributed by atoms with van der Waals surface area (Å²) in [5.41, 5.74) is 0.752. The average molecular weight is 177 g/mol. The molecule has 0 radical (unpaired) electrons. The first kappa shape index (κ1) is 11.1. The molecule has 1 amide bonds. The first-order valence-corrected chi connectivity index (χ1v) is 3.58. The molecule has 0 N–H and O–H groups in total. The molecule has 68 valence electrons. The van der Waals surface area contributed by atoms with Crippen LogP contribution in [-0.4, -0.2) is 18.6 Å². The maximum atomic E-state index is 10.7. The zero-order valence-electron chi connectivity index (χ0n) is 7.32. The lowest BCUT2D eigenvalue weighted by Crippen LogP contribution is -2.01. The van der Waals surface area contributed by atoms with Gasteiger partial charge in [-0.3, -0.25) is 0 Å². The SMILES string of the molecule is C=C=NC(=O)OCC(C=C)=CC=C. The van der Waals surface area contributed by atoms with Crippen LogP contribution in [0.25, 0.3) is 0 Å². The molecule has 13 heavy (non-hydrogen) atoms. The molecule has 0 heterocycles. The Morgan fingerprint density at radius 2 is 2.23 bits per heavy atom. The Hall–Kier alpha value is -1.86. The molecule has 0 saturated carbocycles. The lowest BCUT2D eigenvalue weighted by Gasteiger charge is -1.99. The molecule has 0 aromatic rings. The number of carbonyl (C=O) groups excluding carboxylic acids is 1. The molecule has 0 spiro atoms. The molecule has 0 rings (SSSR count). The van der Waals surface area contributed by atoms with E-state index in [1.54, 1.807) is 18.2 Å². The van der Waals surface area contributed by atoms with E-state index in [0.717, 1.165) is 5.57 Å². The Bertz CT molecular complexity index is 283. The highest BCUT2D eigenvalue weighted by molar-refractivity contribution is 5.76. The van der Waals surface area contributed by atoms with E-state index in [1.807, 2.05) is 0 Å². The smallest absolute Gasteiger partial charge is 0.442 e. The van der Waals surface area contributed by atoms with Gasteiger partial charge in [0.1, 0.15) is 6.61 Å². The van der Waals surface area contributed by atoms with Crippen molar-refractivity contribution in [3.8, 4) is 0 Å². The highest BCUT2D eigenvalue weighted by Crippen LogP contribution is 1.97. The summed E-state index contributed by atoms with van der Waals surface area (Å²) < 4.78 is 4.69. The summed E-state index contributed by atoms with van der Waals surface area (Å²) in [6, 6.07) is 0. The predicted octanol–water partition coefficient (Wildman–Crippen LogP) is 2.28. The third-order valence-electron chi connectivity index (χ3n) is 1.13. The minimum atomic E-state index is -0.716. The topological polar surface area (TPSA) is 38.7 Å². The molecule has 0 aromatic carbocycles. The molecule has 0 atom stereocenters. The van der Waals surface area contributed by atoms with E-state index in [1.165, 1.54) is 0 Å². The van der Waals surface area contributed by atoms with Crippen LogP contribution in [0.15, 0.2) is 48.5 Å². The molecule has 0 saturated heterocycles. The number of carbonyl (C=O) groups is 1. The molecular formula is C10H11NO2. The average Bonchev–Trinajstić information content (AvgIpc) is 2.12. The van der Waals surface area contributed by atoms with Gasteiger partial charge in [0.2, 0.25) is 0 Å². The quantitative estimate of drug-likeness (QED) is 0.488. The van der Waals surface area contributed by atoms with E-state index in [9.17, 15) is 4.79 Å². The maximum absolute atomic E-state index is 10.7. The lowest BCUT2D eigenvalue weighted by atomic mass is 10.2. The molecule has 0 unspecified atom stereocenters. The Labute approximate surface area is 77.4 Å². The summed E-state index contributed by atoms with van der Waals surface area (Å²) in [6.07, 6.45) is 4.14. The van der Waals surface area contributed by atoms with E-state index in [2.05, 4.69) is 30.6 Å². The van der Waals surface area contributed by atoms with Crippen molar-refractivity contribution in [3.05, 3.63) is 43.5 Å². The molecule has 3 heteroatoms. The molecule has 0 aliphatic rings. The molecule has 0 aliphatic carbocycles. The van der Waals surface area contributed by atoms with Gasteiger partial charge in [-0.1, -0.05) is 31.4 Å². The van der Waals surface area contributed by atoms with Crippen LogP contribution in [0.1, 0.15) is 0 Å². The van der Waals surface area contributed by atoms with Crippen molar-refractivity contribution in [2.75, 3.05) is 6.61 Å². The van der Waals surface area contributed by atoms with Gasteiger partial charge in [-0.05, 0) is 18.0 Å². The van der Waals surface area contributed by atoms with Crippen LogP contribution >= 0.6 is 0 Å². The molecule has 0 aliphatic heterocycles. The third-order valence-corrected chi connectivity index (χ3v) is 1.13. The number of ether oxygens (including phenoxy) is 1. The fourth-order valence-electron chi connectivity index (χ4n) is 0.568. The second kappa shape index (κ2) is 6.83. The van der Waals surface area contributed by atoms with Crippen molar-refractivity contribution in [3.63, 3.8) is 0 Å². The van der Waals surface area contributed by atoms with E-state index in [4.69, 9.17) is 4.74 Å². The number of hydrogen-bond acceptors (Lipinski definition) is 2. The Kier molecular flexibility index (Phi) is 5.85. The van der Waals surface area contributed by atoms with Gasteiger partial charge in [-0.2, -0.15) is 0 Å². The van der Waals surface area contributed by atoms with Gasteiger partial charge in [0.05, 0.1) is 0 Å². The number of hydrogen-bond donors (Lipinski definition) is 0. The molecule has 0 fully saturated rings. The van der Waals surface area contributed by atoms with Crippen LogP contribution in [0.3, 0.4) is 0 Å². The van der Waals surface area contributed by atoms with Crippen molar-refractivity contribution in [1.82, 2.24) is 0 Å². The Balaban J connectivity index is 4.06. The molecular weight excluding hydrogens is 166 g/mol. The third kappa shape index (κ3) is 5.41. The van der Waals surface area contributed by atoms with E-state index in [-0.39, 0.29) is 6.61 Å². The zero-order chi connectivity index (χ0) is 10.1.